The summed E-state index contributed by atoms with van der Waals surface area (Å²) in [7, 11) is 2.28. The van der Waals surface area contributed by atoms with Crippen LogP contribution in [0.2, 0.25) is 0 Å². The molecule has 0 radical (unpaired) electrons. The van der Waals surface area contributed by atoms with Gasteiger partial charge in [-0.3, -0.25) is 0 Å². The molecular formula is C21H41N3. The molecule has 0 aromatic carbocycles. The average molecular weight is 336 g/mol. The molecule has 3 heterocycles. The zero-order valence-electron chi connectivity index (χ0n) is 16.6. The SMILES string of the molecule is CCN1C[C@@H](C)C[C@@H](CN2CCC(CC3CCN(C)CC3)CC2)C1. The van der Waals surface area contributed by atoms with Crippen molar-refractivity contribution in [3.05, 3.63) is 0 Å². The van der Waals surface area contributed by atoms with Crippen molar-refractivity contribution < 1.29 is 0 Å². The largest absolute Gasteiger partial charge is 0.306 e. The Bertz CT molecular complexity index is 356. The lowest BCUT2D eigenvalue weighted by Gasteiger charge is -2.40. The molecule has 0 spiro atoms. The maximum Gasteiger partial charge on any atom is 0.00220 e. The summed E-state index contributed by atoms with van der Waals surface area (Å²) in [6.07, 6.45) is 8.79. The minimum Gasteiger partial charge on any atom is -0.306 e. The first-order chi connectivity index (χ1) is 11.6. The summed E-state index contributed by atoms with van der Waals surface area (Å²) in [5, 5.41) is 0. The van der Waals surface area contributed by atoms with Crippen molar-refractivity contribution >= 4 is 0 Å². The van der Waals surface area contributed by atoms with E-state index in [0.717, 1.165) is 23.7 Å². The van der Waals surface area contributed by atoms with Gasteiger partial charge in [-0.1, -0.05) is 13.8 Å². The number of rotatable bonds is 5. The van der Waals surface area contributed by atoms with Crippen molar-refractivity contribution in [1.29, 1.82) is 0 Å². The van der Waals surface area contributed by atoms with E-state index < -0.39 is 0 Å². The number of likely N-dealkylation sites (tertiary alicyclic amines) is 3. The monoisotopic (exact) mass is 335 g/mol. The van der Waals surface area contributed by atoms with E-state index in [-0.39, 0.29) is 0 Å². The highest BCUT2D eigenvalue weighted by atomic mass is 15.2. The Morgan fingerprint density at radius 1 is 0.792 bits per heavy atom. The van der Waals surface area contributed by atoms with Crippen molar-refractivity contribution in [2.24, 2.45) is 23.7 Å². The van der Waals surface area contributed by atoms with Gasteiger partial charge in [0, 0.05) is 19.6 Å². The zero-order chi connectivity index (χ0) is 16.9. The molecule has 3 fully saturated rings. The topological polar surface area (TPSA) is 9.72 Å². The summed E-state index contributed by atoms with van der Waals surface area (Å²) in [5.41, 5.74) is 0. The van der Waals surface area contributed by atoms with E-state index >= 15 is 0 Å². The van der Waals surface area contributed by atoms with Gasteiger partial charge in [0.05, 0.1) is 0 Å². The van der Waals surface area contributed by atoms with Crippen LogP contribution in [0.15, 0.2) is 0 Å². The predicted molar refractivity (Wildman–Crippen MR) is 103 cm³/mol. The van der Waals surface area contributed by atoms with Gasteiger partial charge in [-0.15, -0.1) is 0 Å². The normalized spacial score (nSPS) is 33.1. The third-order valence-electron chi connectivity index (χ3n) is 7.00. The van der Waals surface area contributed by atoms with Gasteiger partial charge < -0.3 is 14.7 Å². The summed E-state index contributed by atoms with van der Waals surface area (Å²) in [5.74, 6) is 3.85. The molecule has 0 saturated carbocycles. The molecule has 0 aliphatic carbocycles. The number of piperidine rings is 3. The molecule has 3 nitrogen and oxygen atoms in total. The van der Waals surface area contributed by atoms with Gasteiger partial charge in [0.2, 0.25) is 0 Å². The lowest BCUT2D eigenvalue weighted by molar-refractivity contribution is 0.0837. The van der Waals surface area contributed by atoms with E-state index in [4.69, 9.17) is 0 Å². The number of hydrogen-bond donors (Lipinski definition) is 0. The molecule has 3 aliphatic heterocycles. The van der Waals surface area contributed by atoms with E-state index in [1.807, 2.05) is 0 Å². The lowest BCUT2D eigenvalue weighted by atomic mass is 9.82. The summed E-state index contributed by atoms with van der Waals surface area (Å²) < 4.78 is 0. The van der Waals surface area contributed by atoms with E-state index in [2.05, 4.69) is 35.6 Å². The van der Waals surface area contributed by atoms with Gasteiger partial charge in [-0.2, -0.15) is 0 Å². The quantitative estimate of drug-likeness (QED) is 0.762. The van der Waals surface area contributed by atoms with Gasteiger partial charge in [0.15, 0.2) is 0 Å². The third kappa shape index (κ3) is 5.44. The minimum absolute atomic E-state index is 0.894. The Morgan fingerprint density at radius 3 is 2.04 bits per heavy atom. The molecule has 24 heavy (non-hydrogen) atoms. The van der Waals surface area contributed by atoms with Crippen LogP contribution in [0, 0.1) is 23.7 Å². The maximum atomic E-state index is 2.79. The molecule has 0 N–H and O–H groups in total. The van der Waals surface area contributed by atoms with E-state index in [9.17, 15) is 0 Å². The van der Waals surface area contributed by atoms with Gasteiger partial charge >= 0.3 is 0 Å². The predicted octanol–water partition coefficient (Wildman–Crippen LogP) is 3.41. The van der Waals surface area contributed by atoms with Crippen molar-refractivity contribution in [3.63, 3.8) is 0 Å². The highest BCUT2D eigenvalue weighted by molar-refractivity contribution is 4.82. The Labute approximate surface area is 150 Å². The fourth-order valence-electron chi connectivity index (χ4n) is 5.53. The maximum absolute atomic E-state index is 2.79. The van der Waals surface area contributed by atoms with E-state index in [1.165, 1.54) is 90.9 Å². The molecule has 3 rings (SSSR count). The van der Waals surface area contributed by atoms with Gasteiger partial charge in [-0.25, -0.2) is 0 Å². The highest BCUT2D eigenvalue weighted by Crippen LogP contribution is 2.30. The van der Waals surface area contributed by atoms with Crippen LogP contribution < -0.4 is 0 Å². The molecule has 3 aliphatic rings. The van der Waals surface area contributed by atoms with Gasteiger partial charge in [-0.05, 0) is 102 Å². The first-order valence-electron chi connectivity index (χ1n) is 10.8. The molecule has 0 unspecified atom stereocenters. The Balaban J connectivity index is 1.36. The van der Waals surface area contributed by atoms with Crippen LogP contribution in [-0.2, 0) is 0 Å². The first-order valence-corrected chi connectivity index (χ1v) is 10.8. The molecule has 0 amide bonds. The molecule has 0 aromatic heterocycles. The second-order valence-electron chi connectivity index (χ2n) is 9.29. The first kappa shape index (κ1) is 18.7. The number of hydrogen-bond acceptors (Lipinski definition) is 3. The molecule has 0 aromatic rings. The Hall–Kier alpha value is -0.120. The lowest BCUT2D eigenvalue weighted by Crippen LogP contribution is -2.45. The van der Waals surface area contributed by atoms with Crippen molar-refractivity contribution in [3.8, 4) is 0 Å². The van der Waals surface area contributed by atoms with E-state index in [1.54, 1.807) is 0 Å². The standard InChI is InChI=1S/C21H41N3/c1-4-23-15-18(2)13-21(16-23)17-24-11-7-20(8-12-24)14-19-5-9-22(3)10-6-19/h18-21H,4-17H2,1-3H3/t18-,21+/m0/s1. The summed E-state index contributed by atoms with van der Waals surface area (Å²) in [6.45, 7) is 15.4. The molecule has 3 heteroatoms. The molecule has 3 saturated heterocycles. The zero-order valence-corrected chi connectivity index (χ0v) is 16.6. The summed E-state index contributed by atoms with van der Waals surface area (Å²) in [4.78, 5) is 7.97. The van der Waals surface area contributed by atoms with Crippen LogP contribution in [0.4, 0.5) is 0 Å². The van der Waals surface area contributed by atoms with Crippen LogP contribution in [0.5, 0.6) is 0 Å². The van der Waals surface area contributed by atoms with Crippen molar-refractivity contribution in [2.45, 2.75) is 52.4 Å². The molecular weight excluding hydrogens is 294 g/mol. The summed E-state index contributed by atoms with van der Waals surface area (Å²) >= 11 is 0. The Kier molecular flexibility index (Phi) is 7.00. The number of nitrogens with zero attached hydrogens (tertiary/aromatic N) is 3. The van der Waals surface area contributed by atoms with Crippen LogP contribution >= 0.6 is 0 Å². The van der Waals surface area contributed by atoms with Crippen LogP contribution in [0.1, 0.15) is 52.4 Å². The summed E-state index contributed by atoms with van der Waals surface area (Å²) in [6, 6.07) is 0. The van der Waals surface area contributed by atoms with Crippen LogP contribution in [0.3, 0.4) is 0 Å². The Morgan fingerprint density at radius 2 is 1.42 bits per heavy atom. The molecule has 0 bridgehead atoms. The fourth-order valence-corrected chi connectivity index (χ4v) is 5.53. The van der Waals surface area contributed by atoms with Crippen LogP contribution in [-0.4, -0.2) is 74.1 Å². The molecule has 140 valence electrons. The van der Waals surface area contributed by atoms with Crippen molar-refractivity contribution in [1.82, 2.24) is 14.7 Å². The van der Waals surface area contributed by atoms with E-state index in [0.29, 0.717) is 0 Å². The second-order valence-corrected chi connectivity index (χ2v) is 9.29. The van der Waals surface area contributed by atoms with Gasteiger partial charge in [0.25, 0.3) is 0 Å². The molecule has 2 atom stereocenters. The van der Waals surface area contributed by atoms with Gasteiger partial charge in [0.1, 0.15) is 0 Å². The third-order valence-corrected chi connectivity index (χ3v) is 7.00. The van der Waals surface area contributed by atoms with Crippen molar-refractivity contribution in [2.75, 3.05) is 59.4 Å². The average Bonchev–Trinajstić information content (AvgIpc) is 2.58. The minimum atomic E-state index is 0.894. The van der Waals surface area contributed by atoms with Crippen LogP contribution in [0.25, 0.3) is 0 Å². The smallest absolute Gasteiger partial charge is 0.00220 e. The highest BCUT2D eigenvalue weighted by Gasteiger charge is 2.28. The fraction of sp³-hybridized carbons (Fsp3) is 1.00. The second kappa shape index (κ2) is 9.00.